The summed E-state index contributed by atoms with van der Waals surface area (Å²) >= 11 is 0. The minimum atomic E-state index is -1.08. The highest BCUT2D eigenvalue weighted by Gasteiger charge is 2.29. The number of hydrogen-bond donors (Lipinski definition) is 3. The van der Waals surface area contributed by atoms with E-state index >= 15 is 0 Å². The summed E-state index contributed by atoms with van der Waals surface area (Å²) in [5, 5.41) is 17.3. The maximum atomic E-state index is 11.2. The molecule has 0 aromatic rings. The first kappa shape index (κ1) is 26.0. The Morgan fingerprint density at radius 1 is 1.00 bits per heavy atom. The molecule has 0 heterocycles. The van der Waals surface area contributed by atoms with Gasteiger partial charge in [-0.15, -0.1) is 19.7 Å². The van der Waals surface area contributed by atoms with E-state index < -0.39 is 17.5 Å². The quantitative estimate of drug-likeness (QED) is 0.376. The smallest absolute Gasteiger partial charge is 0.332 e. The molecular weight excluding hydrogens is 348 g/mol. The van der Waals surface area contributed by atoms with Gasteiger partial charge in [0.25, 0.3) is 0 Å². The van der Waals surface area contributed by atoms with Crippen LogP contribution in [0.25, 0.3) is 0 Å². The number of nitrogens with zero attached hydrogens (tertiary/aromatic N) is 1. The summed E-state index contributed by atoms with van der Waals surface area (Å²) in [7, 11) is 0. The molecule has 0 saturated carbocycles. The molecular formula is C20H28N2O5. The summed E-state index contributed by atoms with van der Waals surface area (Å²) in [5.41, 5.74) is 4.97. The summed E-state index contributed by atoms with van der Waals surface area (Å²) in [6.45, 7) is 18.9. The Labute approximate surface area is 160 Å². The van der Waals surface area contributed by atoms with Gasteiger partial charge in [0.1, 0.15) is 0 Å². The Kier molecular flexibility index (Phi) is 12.6. The van der Waals surface area contributed by atoms with E-state index in [9.17, 15) is 14.4 Å². The van der Waals surface area contributed by atoms with Crippen molar-refractivity contribution in [3.63, 3.8) is 0 Å². The van der Waals surface area contributed by atoms with Gasteiger partial charge >= 0.3 is 11.9 Å². The minimum absolute atomic E-state index is 0.00713. The zero-order valence-electron chi connectivity index (χ0n) is 15.7. The molecule has 0 aliphatic carbocycles. The van der Waals surface area contributed by atoms with Crippen LogP contribution in [-0.4, -0.2) is 45.0 Å². The molecule has 7 nitrogen and oxygen atoms in total. The molecule has 27 heavy (non-hydrogen) atoms. The largest absolute Gasteiger partial charge is 0.478 e. The lowest BCUT2D eigenvalue weighted by Gasteiger charge is -2.26. The van der Waals surface area contributed by atoms with Crippen LogP contribution in [0.15, 0.2) is 74.5 Å². The zero-order chi connectivity index (χ0) is 21.6. The molecule has 0 aliphatic rings. The molecule has 0 unspecified atom stereocenters. The van der Waals surface area contributed by atoms with Gasteiger partial charge in [-0.2, -0.15) is 0 Å². The van der Waals surface area contributed by atoms with Crippen molar-refractivity contribution in [3.8, 4) is 0 Å². The SMILES string of the molecule is C=CCC(N)(CC=C)C(=C)C(=O)O.C=CCN(C=C(C)C(=O)O)C(=O)C=C. The monoisotopic (exact) mass is 376 g/mol. The second-order valence-electron chi connectivity index (χ2n) is 5.53. The number of rotatable bonds is 11. The fraction of sp³-hybridized carbons (Fsp3) is 0.250. The van der Waals surface area contributed by atoms with Crippen LogP contribution in [0.3, 0.4) is 0 Å². The molecule has 0 saturated heterocycles. The van der Waals surface area contributed by atoms with Crippen LogP contribution < -0.4 is 5.73 Å². The van der Waals surface area contributed by atoms with Gasteiger partial charge in [0.2, 0.25) is 5.91 Å². The normalized spacial score (nSPS) is 10.5. The Morgan fingerprint density at radius 2 is 1.48 bits per heavy atom. The number of carbonyl (C=O) groups excluding carboxylic acids is 1. The molecule has 0 fully saturated rings. The van der Waals surface area contributed by atoms with Gasteiger partial charge in [-0.05, 0) is 25.8 Å². The maximum Gasteiger partial charge on any atom is 0.332 e. The van der Waals surface area contributed by atoms with Gasteiger partial charge in [-0.3, -0.25) is 4.79 Å². The van der Waals surface area contributed by atoms with Gasteiger partial charge in [-0.25, -0.2) is 9.59 Å². The number of amides is 1. The second kappa shape index (κ2) is 13.1. The van der Waals surface area contributed by atoms with E-state index in [0.717, 1.165) is 6.08 Å². The molecule has 0 rings (SSSR count). The Bertz CT molecular complexity index is 637. The van der Waals surface area contributed by atoms with Crippen molar-refractivity contribution in [2.24, 2.45) is 5.73 Å². The predicted octanol–water partition coefficient (Wildman–Crippen LogP) is 2.65. The minimum Gasteiger partial charge on any atom is -0.478 e. The third-order valence-electron chi connectivity index (χ3n) is 3.35. The lowest BCUT2D eigenvalue weighted by molar-refractivity contribution is -0.134. The molecule has 0 aliphatic heterocycles. The highest BCUT2D eigenvalue weighted by Crippen LogP contribution is 2.22. The maximum absolute atomic E-state index is 11.2. The van der Waals surface area contributed by atoms with Gasteiger partial charge in [0.15, 0.2) is 0 Å². The van der Waals surface area contributed by atoms with Crippen LogP contribution >= 0.6 is 0 Å². The van der Waals surface area contributed by atoms with E-state index in [1.54, 1.807) is 12.2 Å². The van der Waals surface area contributed by atoms with Crippen molar-refractivity contribution in [1.82, 2.24) is 4.90 Å². The Morgan fingerprint density at radius 3 is 1.78 bits per heavy atom. The molecule has 0 bridgehead atoms. The summed E-state index contributed by atoms with van der Waals surface area (Å²) in [6.07, 6.45) is 7.81. The molecule has 0 aromatic heterocycles. The van der Waals surface area contributed by atoms with Crippen molar-refractivity contribution >= 4 is 17.8 Å². The molecule has 4 N–H and O–H groups in total. The van der Waals surface area contributed by atoms with E-state index in [2.05, 4.69) is 32.9 Å². The highest BCUT2D eigenvalue weighted by molar-refractivity contribution is 5.90. The first-order valence-electron chi connectivity index (χ1n) is 7.89. The zero-order valence-corrected chi connectivity index (χ0v) is 15.7. The average molecular weight is 376 g/mol. The average Bonchev–Trinajstić information content (AvgIpc) is 2.60. The molecule has 7 heteroatoms. The summed E-state index contributed by atoms with van der Waals surface area (Å²) < 4.78 is 0. The number of carboxylic acids is 2. The fourth-order valence-electron chi connectivity index (χ4n) is 1.81. The number of nitrogens with two attached hydrogens (primary N) is 1. The van der Waals surface area contributed by atoms with E-state index in [4.69, 9.17) is 15.9 Å². The highest BCUT2D eigenvalue weighted by atomic mass is 16.4. The predicted molar refractivity (Wildman–Crippen MR) is 107 cm³/mol. The third-order valence-corrected chi connectivity index (χ3v) is 3.35. The van der Waals surface area contributed by atoms with E-state index in [1.807, 2.05) is 0 Å². The number of hydrogen-bond acceptors (Lipinski definition) is 4. The Hall–Kier alpha value is -3.19. The molecule has 1 amide bonds. The van der Waals surface area contributed by atoms with Crippen LogP contribution in [0, 0.1) is 0 Å². The van der Waals surface area contributed by atoms with Crippen molar-refractivity contribution in [1.29, 1.82) is 0 Å². The van der Waals surface area contributed by atoms with Crippen LogP contribution in [0.1, 0.15) is 19.8 Å². The van der Waals surface area contributed by atoms with Crippen LogP contribution in [0.4, 0.5) is 0 Å². The van der Waals surface area contributed by atoms with Gasteiger partial charge in [0, 0.05) is 12.7 Å². The number of carboxylic acid groups (broad SMARTS) is 2. The summed E-state index contributed by atoms with van der Waals surface area (Å²) in [5.74, 6) is -2.49. The van der Waals surface area contributed by atoms with Crippen molar-refractivity contribution in [2.45, 2.75) is 25.3 Å². The summed E-state index contributed by atoms with van der Waals surface area (Å²) in [6, 6.07) is 0. The lowest BCUT2D eigenvalue weighted by atomic mass is 9.85. The van der Waals surface area contributed by atoms with Crippen molar-refractivity contribution in [3.05, 3.63) is 74.5 Å². The molecule has 148 valence electrons. The van der Waals surface area contributed by atoms with E-state index in [0.29, 0.717) is 12.8 Å². The molecule has 0 spiro atoms. The van der Waals surface area contributed by atoms with Crippen LogP contribution in [-0.2, 0) is 14.4 Å². The first-order chi connectivity index (χ1) is 12.5. The van der Waals surface area contributed by atoms with Gasteiger partial charge < -0.3 is 20.8 Å². The molecule has 0 atom stereocenters. The van der Waals surface area contributed by atoms with Crippen molar-refractivity contribution in [2.75, 3.05) is 6.54 Å². The number of aliphatic carboxylic acids is 2. The summed E-state index contributed by atoms with van der Waals surface area (Å²) in [4.78, 5) is 33.5. The molecule has 0 radical (unpaired) electrons. The fourth-order valence-corrected chi connectivity index (χ4v) is 1.81. The first-order valence-corrected chi connectivity index (χ1v) is 7.89. The molecule has 0 aromatic carbocycles. The van der Waals surface area contributed by atoms with Gasteiger partial charge in [-0.1, -0.05) is 31.4 Å². The second-order valence-corrected chi connectivity index (χ2v) is 5.53. The standard InChI is InChI=1S/C10H13NO3.C10H15NO2/c1-4-6-11(9(12)5-2)7-8(3)10(13)14;1-4-6-10(11,7-5-2)8(3)9(12)13/h4-5,7H,1-2,6H2,3H3,(H,13,14);4-5H,1-3,6-7,11H2,(H,12,13). The lowest BCUT2D eigenvalue weighted by Crippen LogP contribution is -2.43. The van der Waals surface area contributed by atoms with Gasteiger partial charge in [0.05, 0.1) is 16.7 Å². The van der Waals surface area contributed by atoms with Crippen LogP contribution in [0.2, 0.25) is 0 Å². The van der Waals surface area contributed by atoms with E-state index in [-0.39, 0.29) is 23.6 Å². The number of carbonyl (C=O) groups is 3. The Balaban J connectivity index is 0. The van der Waals surface area contributed by atoms with Crippen LogP contribution in [0.5, 0.6) is 0 Å². The third kappa shape index (κ3) is 9.76. The van der Waals surface area contributed by atoms with E-state index in [1.165, 1.54) is 24.1 Å². The topological polar surface area (TPSA) is 121 Å². The van der Waals surface area contributed by atoms with Crippen molar-refractivity contribution < 1.29 is 24.6 Å².